The molecule has 0 heterocycles. The van der Waals surface area contributed by atoms with Crippen molar-refractivity contribution in [3.05, 3.63) is 33.8 Å². The zero-order valence-electron chi connectivity index (χ0n) is 10.5. The molecule has 0 aliphatic heterocycles. The third-order valence-corrected chi connectivity index (χ3v) is 5.63. The van der Waals surface area contributed by atoms with E-state index in [9.17, 15) is 21.6 Å². The maximum atomic E-state index is 11.9. The van der Waals surface area contributed by atoms with Gasteiger partial charge in [0.1, 0.15) is 15.6 Å². The van der Waals surface area contributed by atoms with Crippen LogP contribution in [0.1, 0.15) is 10.4 Å². The fourth-order valence-corrected chi connectivity index (χ4v) is 4.78. The second-order valence-corrected chi connectivity index (χ2v) is 9.56. The maximum absolute atomic E-state index is 11.9. The molecule has 0 saturated heterocycles. The highest BCUT2D eigenvalue weighted by atomic mass is 35.5. The summed E-state index contributed by atoms with van der Waals surface area (Å²) in [6.45, 7) is 0. The number of halogens is 2. The van der Waals surface area contributed by atoms with Crippen LogP contribution in [0.3, 0.4) is 0 Å². The van der Waals surface area contributed by atoms with E-state index in [2.05, 4.69) is 0 Å². The van der Waals surface area contributed by atoms with Crippen molar-refractivity contribution in [2.75, 3.05) is 23.5 Å². The lowest BCUT2D eigenvalue weighted by atomic mass is 10.1. The van der Waals surface area contributed by atoms with Gasteiger partial charge in [-0.25, -0.2) is 16.8 Å². The molecule has 20 heavy (non-hydrogen) atoms. The van der Waals surface area contributed by atoms with E-state index in [1.54, 1.807) is 0 Å². The van der Waals surface area contributed by atoms with E-state index in [0.717, 1.165) is 6.26 Å². The molecule has 0 N–H and O–H groups in total. The summed E-state index contributed by atoms with van der Waals surface area (Å²) in [7, 11) is -7.21. The van der Waals surface area contributed by atoms with Crippen LogP contribution in [0.2, 0.25) is 10.0 Å². The summed E-state index contributed by atoms with van der Waals surface area (Å²) in [6.07, 6.45) is 0.931. The summed E-state index contributed by atoms with van der Waals surface area (Å²) < 4.78 is 45.2. The number of carbonyl (C=O) groups excluding carboxylic acids is 1. The Morgan fingerprint density at radius 2 is 1.70 bits per heavy atom. The number of Topliss-reactive ketones (excluding diaryl/α,β-unsaturated/α-hetero) is 1. The summed E-state index contributed by atoms with van der Waals surface area (Å²) in [5.74, 6) is -2.59. The van der Waals surface area contributed by atoms with Gasteiger partial charge < -0.3 is 0 Å². The number of ketones is 1. The third-order valence-electron chi connectivity index (χ3n) is 2.35. The zero-order chi connectivity index (χ0) is 15.6. The molecule has 1 aromatic rings. The van der Waals surface area contributed by atoms with Gasteiger partial charge >= 0.3 is 0 Å². The van der Waals surface area contributed by atoms with E-state index in [4.69, 9.17) is 23.2 Å². The van der Waals surface area contributed by atoms with Crippen molar-refractivity contribution in [1.82, 2.24) is 0 Å². The van der Waals surface area contributed by atoms with Crippen molar-refractivity contribution in [2.24, 2.45) is 0 Å². The molecule has 1 aromatic carbocycles. The first-order valence-electron chi connectivity index (χ1n) is 5.36. The van der Waals surface area contributed by atoms with Crippen molar-refractivity contribution in [1.29, 1.82) is 0 Å². The highest BCUT2D eigenvalue weighted by Gasteiger charge is 2.21. The van der Waals surface area contributed by atoms with Gasteiger partial charge in [0.15, 0.2) is 15.6 Å². The number of hydrogen-bond acceptors (Lipinski definition) is 5. The fraction of sp³-hybridized carbons (Fsp3) is 0.364. The molecule has 112 valence electrons. The predicted octanol–water partition coefficient (Wildman–Crippen LogP) is 1.64. The summed E-state index contributed by atoms with van der Waals surface area (Å²) in [4.78, 5) is 11.9. The predicted molar refractivity (Wildman–Crippen MR) is 79.2 cm³/mol. The SMILES string of the molecule is CS(=O)(=O)CCS(=O)(=O)CC(=O)c1ccc(Cl)cc1Cl. The summed E-state index contributed by atoms with van der Waals surface area (Å²) in [5, 5.41) is 0.382. The van der Waals surface area contributed by atoms with E-state index in [0.29, 0.717) is 5.02 Å². The topological polar surface area (TPSA) is 85.3 Å². The number of rotatable bonds is 6. The van der Waals surface area contributed by atoms with Crippen LogP contribution < -0.4 is 0 Å². The zero-order valence-corrected chi connectivity index (χ0v) is 13.6. The number of sulfone groups is 2. The Balaban J connectivity index is 2.84. The Morgan fingerprint density at radius 3 is 2.20 bits per heavy atom. The first-order chi connectivity index (χ1) is 9.00. The Kier molecular flexibility index (Phi) is 5.60. The van der Waals surface area contributed by atoms with Gasteiger partial charge in [-0.3, -0.25) is 4.79 Å². The molecule has 0 aromatic heterocycles. The van der Waals surface area contributed by atoms with Crippen molar-refractivity contribution < 1.29 is 21.6 Å². The molecule has 0 saturated carbocycles. The van der Waals surface area contributed by atoms with E-state index < -0.39 is 42.7 Å². The number of benzene rings is 1. The second-order valence-electron chi connectivity index (χ2n) is 4.27. The van der Waals surface area contributed by atoms with Crippen LogP contribution in [0.15, 0.2) is 18.2 Å². The summed E-state index contributed by atoms with van der Waals surface area (Å²) in [5.41, 5.74) is 0.0407. The molecule has 1 rings (SSSR count). The minimum Gasteiger partial charge on any atom is -0.293 e. The van der Waals surface area contributed by atoms with Crippen molar-refractivity contribution >= 4 is 48.7 Å². The van der Waals surface area contributed by atoms with Crippen molar-refractivity contribution in [3.8, 4) is 0 Å². The smallest absolute Gasteiger partial charge is 0.179 e. The van der Waals surface area contributed by atoms with Gasteiger partial charge in [0.2, 0.25) is 0 Å². The van der Waals surface area contributed by atoms with Gasteiger partial charge in [0, 0.05) is 16.8 Å². The van der Waals surface area contributed by atoms with Gasteiger partial charge in [0.05, 0.1) is 16.5 Å². The van der Waals surface area contributed by atoms with Gasteiger partial charge in [-0.2, -0.15) is 0 Å². The van der Waals surface area contributed by atoms with Crippen LogP contribution >= 0.6 is 23.2 Å². The molecular weight excluding hydrogens is 347 g/mol. The quantitative estimate of drug-likeness (QED) is 0.721. The van der Waals surface area contributed by atoms with Crippen molar-refractivity contribution in [3.63, 3.8) is 0 Å². The molecule has 5 nitrogen and oxygen atoms in total. The highest BCUT2D eigenvalue weighted by Crippen LogP contribution is 2.21. The first kappa shape index (κ1) is 17.4. The largest absolute Gasteiger partial charge is 0.293 e. The van der Waals surface area contributed by atoms with E-state index in [1.165, 1.54) is 18.2 Å². The average Bonchev–Trinajstić information content (AvgIpc) is 2.24. The monoisotopic (exact) mass is 358 g/mol. The van der Waals surface area contributed by atoms with E-state index in [1.807, 2.05) is 0 Å². The minimum atomic E-state index is -3.81. The van der Waals surface area contributed by atoms with Crippen LogP contribution in [-0.4, -0.2) is 46.1 Å². The normalized spacial score (nSPS) is 12.3. The fourth-order valence-electron chi connectivity index (χ4n) is 1.34. The molecule has 0 bridgehead atoms. The van der Waals surface area contributed by atoms with Gasteiger partial charge in [-0.05, 0) is 18.2 Å². The highest BCUT2D eigenvalue weighted by molar-refractivity contribution is 7.95. The standard InChI is InChI=1S/C11H12Cl2O5S2/c1-19(15,16)4-5-20(17,18)7-11(14)9-3-2-8(12)6-10(9)13/h2-3,6H,4-5,7H2,1H3. The van der Waals surface area contributed by atoms with E-state index in [-0.39, 0.29) is 10.6 Å². The Labute approximate surface area is 127 Å². The first-order valence-corrected chi connectivity index (χ1v) is 10.0. The average molecular weight is 359 g/mol. The maximum Gasteiger partial charge on any atom is 0.179 e. The summed E-state index contributed by atoms with van der Waals surface area (Å²) in [6, 6.07) is 4.09. The minimum absolute atomic E-state index is 0.0407. The molecule has 0 unspecified atom stereocenters. The third kappa shape index (κ3) is 5.78. The lowest BCUT2D eigenvalue weighted by Gasteiger charge is -2.05. The van der Waals surface area contributed by atoms with Crippen LogP contribution in [-0.2, 0) is 19.7 Å². The Hall–Kier alpha value is -0.630. The number of hydrogen-bond donors (Lipinski definition) is 0. The second kappa shape index (κ2) is 6.43. The summed E-state index contributed by atoms with van der Waals surface area (Å²) >= 11 is 11.5. The van der Waals surface area contributed by atoms with Crippen molar-refractivity contribution in [2.45, 2.75) is 0 Å². The molecular formula is C11H12Cl2O5S2. The molecule has 0 aliphatic rings. The molecule has 0 radical (unpaired) electrons. The van der Waals surface area contributed by atoms with Crippen LogP contribution in [0, 0.1) is 0 Å². The molecule has 9 heteroatoms. The molecule has 0 fully saturated rings. The van der Waals surface area contributed by atoms with Gasteiger partial charge in [0.25, 0.3) is 0 Å². The van der Waals surface area contributed by atoms with Gasteiger partial charge in [-0.15, -0.1) is 0 Å². The molecule has 0 amide bonds. The van der Waals surface area contributed by atoms with Crippen LogP contribution in [0.5, 0.6) is 0 Å². The van der Waals surface area contributed by atoms with Gasteiger partial charge in [-0.1, -0.05) is 23.2 Å². The van der Waals surface area contributed by atoms with Crippen LogP contribution in [0.4, 0.5) is 0 Å². The van der Waals surface area contributed by atoms with E-state index >= 15 is 0 Å². The lowest BCUT2D eigenvalue weighted by Crippen LogP contribution is -2.23. The molecule has 0 spiro atoms. The molecule has 0 atom stereocenters. The lowest BCUT2D eigenvalue weighted by molar-refractivity contribution is 0.102. The Morgan fingerprint density at radius 1 is 1.10 bits per heavy atom. The molecule has 0 aliphatic carbocycles. The Bertz CT molecular complexity index is 723. The number of carbonyl (C=O) groups is 1. The van der Waals surface area contributed by atoms with Crippen LogP contribution in [0.25, 0.3) is 0 Å².